The summed E-state index contributed by atoms with van der Waals surface area (Å²) in [6, 6.07) is 13.3. The molecule has 5 amide bonds. The molecular weight excluding hydrogens is 1220 g/mol. The van der Waals surface area contributed by atoms with E-state index in [0.717, 1.165) is 21.7 Å². The quantitative estimate of drug-likeness (QED) is 0.0271. The highest BCUT2D eigenvalue weighted by Gasteiger charge is 2.45. The number of ketones is 1. The molecule has 0 aliphatic carbocycles. The Bertz CT molecular complexity index is 3420. The maximum absolute atomic E-state index is 16.2. The highest BCUT2D eigenvalue weighted by Crippen LogP contribution is 2.39. The highest BCUT2D eigenvalue weighted by molar-refractivity contribution is 7.13. The molecule has 22 nitrogen and oxygen atoms in total. The Kier molecular flexibility index (Phi) is 24.2. The summed E-state index contributed by atoms with van der Waals surface area (Å²) in [6.07, 6.45) is -3.58. The molecule has 5 atom stereocenters. The zero-order chi connectivity index (χ0) is 66.4. The summed E-state index contributed by atoms with van der Waals surface area (Å²) in [7, 11) is 1.96. The van der Waals surface area contributed by atoms with E-state index in [1.165, 1.54) is 23.2 Å². The van der Waals surface area contributed by atoms with Crippen molar-refractivity contribution in [3.8, 4) is 21.6 Å². The zero-order valence-electron chi connectivity index (χ0n) is 53.0. The molecule has 2 aromatic carbocycles. The summed E-state index contributed by atoms with van der Waals surface area (Å²) in [5, 5.41) is 18.9. The lowest BCUT2D eigenvalue weighted by Crippen LogP contribution is -2.55. The van der Waals surface area contributed by atoms with Gasteiger partial charge in [-0.15, -0.1) is 11.3 Å². The lowest BCUT2D eigenvalue weighted by Gasteiger charge is -2.44. The van der Waals surface area contributed by atoms with Crippen LogP contribution in [0.2, 0.25) is 0 Å². The van der Waals surface area contributed by atoms with Crippen molar-refractivity contribution < 1.29 is 65.6 Å². The van der Waals surface area contributed by atoms with Crippen molar-refractivity contribution in [3.63, 3.8) is 0 Å². The number of ether oxygens (including phenoxy) is 3. The second-order valence-corrected chi connectivity index (χ2v) is 25.5. The van der Waals surface area contributed by atoms with Crippen LogP contribution in [0.15, 0.2) is 77.3 Å². The first-order chi connectivity index (χ1) is 43.7. The minimum atomic E-state index is -5.01. The molecule has 6 heterocycles. The van der Waals surface area contributed by atoms with E-state index in [2.05, 4.69) is 35.8 Å². The SMILES string of the molecule is Cc1ncsc1-c1ccc(CNC(=O)[C@@H]2C[C@@H](O)CN2C(=O)[C@@H](CC(=O)CCOCCOCCOCCNC(=O)CCC(=O)N2CCN(c3ccc(-c4cc(NC(=O)c5c[nH]c(=O)cc5C(F)(F)F)c(N5C[C@@H](C)N(C)[C@@H](C)C5)cc4F)cn3)CC2)C(C)(C)C)cc1. The average Bonchev–Trinajstić information content (AvgIpc) is 0.847. The summed E-state index contributed by atoms with van der Waals surface area (Å²) in [4.78, 5) is 113. The summed E-state index contributed by atoms with van der Waals surface area (Å²) >= 11 is 1.56. The van der Waals surface area contributed by atoms with Crippen LogP contribution in [-0.4, -0.2) is 193 Å². The fourth-order valence-electron chi connectivity index (χ4n) is 11.5. The molecule has 92 heavy (non-hydrogen) atoms. The number of H-pyrrole nitrogens is 1. The molecule has 5 aromatic rings. The minimum absolute atomic E-state index is 0.00183. The smallest absolute Gasteiger partial charge is 0.391 e. The zero-order valence-corrected chi connectivity index (χ0v) is 53.9. The molecule has 3 aromatic heterocycles. The van der Waals surface area contributed by atoms with Crippen LogP contribution in [0.5, 0.6) is 0 Å². The molecule has 0 radical (unpaired) electrons. The maximum atomic E-state index is 16.2. The first-order valence-electron chi connectivity index (χ1n) is 30.9. The Balaban J connectivity index is 0.686. The van der Waals surface area contributed by atoms with Crippen LogP contribution in [0.3, 0.4) is 0 Å². The highest BCUT2D eigenvalue weighted by atomic mass is 32.1. The fourth-order valence-corrected chi connectivity index (χ4v) is 12.3. The van der Waals surface area contributed by atoms with Gasteiger partial charge in [0.1, 0.15) is 23.5 Å². The topological polar surface area (TPSA) is 261 Å². The van der Waals surface area contributed by atoms with Gasteiger partial charge in [0.25, 0.3) is 5.91 Å². The van der Waals surface area contributed by atoms with Crippen molar-refractivity contribution in [2.75, 3.05) is 114 Å². The van der Waals surface area contributed by atoms with Crippen LogP contribution in [0.25, 0.3) is 21.6 Å². The van der Waals surface area contributed by atoms with Crippen molar-refractivity contribution >= 4 is 63.8 Å². The number of hydrogen-bond acceptors (Lipinski definition) is 17. The van der Waals surface area contributed by atoms with Gasteiger partial charge in [0.2, 0.25) is 29.2 Å². The van der Waals surface area contributed by atoms with Crippen molar-refractivity contribution in [1.29, 1.82) is 0 Å². The number of benzene rings is 2. The molecule has 5 N–H and O–H groups in total. The number of aromatic amines is 1. The first-order valence-corrected chi connectivity index (χ1v) is 31.8. The first kappa shape index (κ1) is 70.2. The van der Waals surface area contributed by atoms with Crippen molar-refractivity contribution in [3.05, 3.63) is 111 Å². The number of halogens is 4. The molecule has 3 fully saturated rings. The number of aryl methyl sites for hydroxylation is 1. The number of pyridine rings is 2. The van der Waals surface area contributed by atoms with Gasteiger partial charge in [-0.25, -0.2) is 14.4 Å². The summed E-state index contributed by atoms with van der Waals surface area (Å²) in [6.45, 7) is 15.9. The number of alkyl halides is 3. The predicted molar refractivity (Wildman–Crippen MR) is 339 cm³/mol. The van der Waals surface area contributed by atoms with Crippen molar-refractivity contribution in [1.82, 2.24) is 40.3 Å². The number of thiazole rings is 1. The Morgan fingerprint density at radius 1 is 0.804 bits per heavy atom. The third-order valence-corrected chi connectivity index (χ3v) is 18.0. The molecule has 27 heteroatoms. The van der Waals surface area contributed by atoms with Gasteiger partial charge in [0.05, 0.1) is 84.3 Å². The number of aliphatic hydroxyl groups excluding tert-OH is 1. The number of β-amino-alcohol motifs (C(OH)–C–C–N with tert-alkyl or cyclic N) is 1. The molecule has 3 aliphatic heterocycles. The lowest BCUT2D eigenvalue weighted by molar-refractivity contribution is -0.146. The molecule has 0 saturated carbocycles. The molecule has 0 spiro atoms. The number of carbonyl (C=O) groups is 6. The second-order valence-electron chi connectivity index (χ2n) is 24.6. The second kappa shape index (κ2) is 31.8. The van der Waals surface area contributed by atoms with Crippen molar-refractivity contribution in [2.45, 2.75) is 111 Å². The van der Waals surface area contributed by atoms with Gasteiger partial charge in [-0.3, -0.25) is 38.5 Å². The van der Waals surface area contributed by atoms with E-state index in [4.69, 9.17) is 14.2 Å². The third kappa shape index (κ3) is 18.8. The number of nitrogens with zero attached hydrogens (tertiary/aromatic N) is 7. The van der Waals surface area contributed by atoms with Gasteiger partial charge in [0.15, 0.2) is 0 Å². The number of hydrogen-bond donors (Lipinski definition) is 5. The van der Waals surface area contributed by atoms with E-state index in [9.17, 15) is 51.8 Å². The molecule has 3 aliphatic rings. The van der Waals surface area contributed by atoms with Crippen LogP contribution in [0, 0.1) is 24.1 Å². The Morgan fingerprint density at radius 3 is 2.10 bits per heavy atom. The van der Waals surface area contributed by atoms with Gasteiger partial charge < -0.3 is 59.9 Å². The fraction of sp³-hybridized carbons (Fsp3) is 0.523. The minimum Gasteiger partial charge on any atom is -0.391 e. The number of amides is 5. The normalized spacial score (nSPS) is 18.4. The Labute approximate surface area is 536 Å². The molecule has 0 bridgehead atoms. The van der Waals surface area contributed by atoms with E-state index < -0.39 is 58.1 Å². The number of piperazine rings is 2. The van der Waals surface area contributed by atoms with Crippen molar-refractivity contribution in [2.24, 2.45) is 11.3 Å². The molecule has 498 valence electrons. The lowest BCUT2D eigenvalue weighted by atomic mass is 9.76. The number of anilines is 3. The maximum Gasteiger partial charge on any atom is 0.417 e. The van der Waals surface area contributed by atoms with Crippen LogP contribution >= 0.6 is 11.3 Å². The number of aromatic nitrogens is 3. The number of carbonyl (C=O) groups excluding carboxylic acids is 6. The predicted octanol–water partition coefficient (Wildman–Crippen LogP) is 6.69. The largest absolute Gasteiger partial charge is 0.417 e. The van der Waals surface area contributed by atoms with Gasteiger partial charge in [-0.1, -0.05) is 45.0 Å². The number of Topliss-reactive ketones (excluding diaryl/α,β-unsaturated/α-hetero) is 1. The van der Waals surface area contributed by atoms with Gasteiger partial charge in [0, 0.05) is 139 Å². The van der Waals surface area contributed by atoms with Crippen LogP contribution < -0.4 is 31.3 Å². The third-order valence-electron chi connectivity index (χ3n) is 17.0. The van der Waals surface area contributed by atoms with E-state index in [1.54, 1.807) is 33.9 Å². The van der Waals surface area contributed by atoms with E-state index in [1.807, 2.05) is 82.7 Å². The van der Waals surface area contributed by atoms with Crippen LogP contribution in [-0.2, 0) is 50.9 Å². The Hall–Kier alpha value is -7.69. The summed E-state index contributed by atoms with van der Waals surface area (Å²) < 4.78 is 75.0. The van der Waals surface area contributed by atoms with Crippen LogP contribution in [0.4, 0.5) is 34.8 Å². The Morgan fingerprint density at radius 2 is 1.47 bits per heavy atom. The van der Waals surface area contributed by atoms with Gasteiger partial charge >= 0.3 is 6.18 Å². The standard InChI is InChI=1S/C65H83F4N11O11S/c1-40-36-79(37-41(2)76(40)7)54-32-52(66)48(30-53(54)75-61(86)49-35-72-58(84)31-50(49)65(67,68)69)45-12-13-56(71-34-45)77-18-20-78(21-19-77)59(85)15-14-57(83)70-17-23-90-25-27-91-26-24-89-22-16-46(81)28-51(64(4,5)6)63(88)80-38-47(82)29-55(80)62(87)73-33-43-8-10-44(11-9-43)60-42(3)74-39-92-60/h8-13,30-32,34-35,39-41,47,51,55,82H,14-29,33,36-38H2,1-7H3,(H,70,83)(H,72,84)(H,73,87)(H,75,86)/t40-,41+,47-,51-,55+/m1/s1. The van der Waals surface area contributed by atoms with E-state index in [0.29, 0.717) is 62.9 Å². The number of likely N-dealkylation sites (N-methyl/N-ethyl adjacent to an activating group) is 1. The van der Waals surface area contributed by atoms with Gasteiger partial charge in [-0.05, 0) is 68.6 Å². The summed E-state index contributed by atoms with van der Waals surface area (Å²) in [5.41, 5.74) is 1.52. The summed E-state index contributed by atoms with van der Waals surface area (Å²) in [5.74, 6) is -3.33. The number of nitrogens with one attached hydrogen (secondary N) is 4. The van der Waals surface area contributed by atoms with E-state index >= 15 is 4.39 Å². The number of likely N-dealkylation sites (tertiary alicyclic amines) is 1. The number of rotatable bonds is 27. The monoisotopic (exact) mass is 1300 g/mol. The molecule has 3 saturated heterocycles. The molecule has 0 unspecified atom stereocenters. The number of aliphatic hydroxyl groups is 1. The molecule has 8 rings (SSSR count). The van der Waals surface area contributed by atoms with Gasteiger partial charge in [-0.2, -0.15) is 13.2 Å². The van der Waals surface area contributed by atoms with Crippen LogP contribution in [0.1, 0.15) is 93.9 Å². The average molecular weight is 1300 g/mol. The van der Waals surface area contributed by atoms with E-state index in [-0.39, 0.29) is 150 Å². The molecular formula is C65H83F4N11O11S.